The summed E-state index contributed by atoms with van der Waals surface area (Å²) < 4.78 is 5.68. The highest BCUT2D eigenvalue weighted by Gasteiger charge is 2.14. The van der Waals surface area contributed by atoms with Gasteiger partial charge in [0.05, 0.1) is 11.8 Å². The summed E-state index contributed by atoms with van der Waals surface area (Å²) in [7, 11) is 0. The minimum absolute atomic E-state index is 0.0450. The lowest BCUT2D eigenvalue weighted by atomic mass is 10.2. The number of pyridine rings is 1. The first-order valence-electron chi connectivity index (χ1n) is 7.29. The fraction of sp³-hybridized carbons (Fsp3) is 0.353. The van der Waals surface area contributed by atoms with Crippen molar-refractivity contribution in [3.63, 3.8) is 0 Å². The van der Waals surface area contributed by atoms with Crippen molar-refractivity contribution in [1.82, 2.24) is 4.98 Å². The van der Waals surface area contributed by atoms with E-state index in [1.54, 1.807) is 0 Å². The van der Waals surface area contributed by atoms with Crippen LogP contribution in [-0.4, -0.2) is 17.6 Å². The summed E-state index contributed by atoms with van der Waals surface area (Å²) in [5.74, 6) is 1.34. The monoisotopic (exact) mass is 285 g/mol. The Balaban J connectivity index is 2.41. The molecule has 0 atom stereocenters. The van der Waals surface area contributed by atoms with Crippen molar-refractivity contribution < 1.29 is 4.74 Å². The lowest BCUT2D eigenvalue weighted by molar-refractivity contribution is 0.234. The van der Waals surface area contributed by atoms with Crippen molar-refractivity contribution in [2.75, 3.05) is 17.2 Å². The highest BCUT2D eigenvalue weighted by atomic mass is 16.5. The van der Waals surface area contributed by atoms with Crippen LogP contribution < -0.4 is 15.4 Å². The highest BCUT2D eigenvalue weighted by Crippen LogP contribution is 2.30. The number of hydrogen-bond donors (Lipinski definition) is 1. The molecule has 0 fully saturated rings. The van der Waals surface area contributed by atoms with Crippen molar-refractivity contribution in [1.29, 1.82) is 0 Å². The van der Waals surface area contributed by atoms with Crippen LogP contribution >= 0.6 is 0 Å². The van der Waals surface area contributed by atoms with Crippen LogP contribution in [0.15, 0.2) is 36.4 Å². The zero-order valence-electron chi connectivity index (χ0n) is 13.1. The number of rotatable bonds is 5. The largest absolute Gasteiger partial charge is 0.473 e. The molecule has 0 radical (unpaired) electrons. The van der Waals surface area contributed by atoms with Crippen LogP contribution in [0.2, 0.25) is 0 Å². The van der Waals surface area contributed by atoms with Gasteiger partial charge in [0, 0.05) is 12.2 Å². The van der Waals surface area contributed by atoms with Crippen LogP contribution in [0.1, 0.15) is 26.3 Å². The van der Waals surface area contributed by atoms with Gasteiger partial charge in [-0.15, -0.1) is 0 Å². The second-order valence-corrected chi connectivity index (χ2v) is 5.26. The molecule has 0 amide bonds. The van der Waals surface area contributed by atoms with Gasteiger partial charge in [-0.3, -0.25) is 0 Å². The van der Waals surface area contributed by atoms with Gasteiger partial charge >= 0.3 is 0 Å². The Morgan fingerprint density at radius 3 is 2.52 bits per heavy atom. The van der Waals surface area contributed by atoms with Crippen LogP contribution in [0.25, 0.3) is 0 Å². The highest BCUT2D eigenvalue weighted by molar-refractivity contribution is 5.66. The van der Waals surface area contributed by atoms with E-state index in [4.69, 9.17) is 10.5 Å². The van der Waals surface area contributed by atoms with Crippen molar-refractivity contribution in [3.05, 3.63) is 42.0 Å². The van der Waals surface area contributed by atoms with E-state index >= 15 is 0 Å². The molecule has 0 bridgehead atoms. The number of para-hydroxylation sites is 1. The Bertz CT molecular complexity index is 611. The minimum atomic E-state index is 0.0450. The molecule has 1 heterocycles. The topological polar surface area (TPSA) is 51.4 Å². The smallest absolute Gasteiger partial charge is 0.239 e. The van der Waals surface area contributed by atoms with Gasteiger partial charge in [0.15, 0.2) is 0 Å². The minimum Gasteiger partial charge on any atom is -0.473 e. The molecule has 0 aliphatic rings. The number of aryl methyl sites for hydroxylation is 1. The fourth-order valence-corrected chi connectivity index (χ4v) is 2.23. The van der Waals surface area contributed by atoms with Gasteiger partial charge in [0.1, 0.15) is 5.82 Å². The quantitative estimate of drug-likeness (QED) is 0.904. The summed E-state index contributed by atoms with van der Waals surface area (Å²) in [4.78, 5) is 6.73. The first-order chi connectivity index (χ1) is 10.0. The zero-order chi connectivity index (χ0) is 15.4. The summed E-state index contributed by atoms with van der Waals surface area (Å²) in [6.07, 6.45) is 0.0450. The molecule has 0 unspecified atom stereocenters. The maximum Gasteiger partial charge on any atom is 0.239 e. The van der Waals surface area contributed by atoms with E-state index in [9.17, 15) is 0 Å². The number of anilines is 3. The van der Waals surface area contributed by atoms with E-state index in [1.165, 1.54) is 5.56 Å². The molecule has 2 rings (SSSR count). The van der Waals surface area contributed by atoms with Gasteiger partial charge in [0.25, 0.3) is 0 Å². The maximum absolute atomic E-state index is 5.94. The Hall–Kier alpha value is -2.23. The van der Waals surface area contributed by atoms with Crippen molar-refractivity contribution in [2.24, 2.45) is 0 Å². The van der Waals surface area contributed by atoms with E-state index in [1.807, 2.05) is 38.1 Å². The molecular formula is C17H23N3O. The van der Waals surface area contributed by atoms with Crippen LogP contribution in [0, 0.1) is 6.92 Å². The third-order valence-electron chi connectivity index (χ3n) is 3.22. The van der Waals surface area contributed by atoms with Gasteiger partial charge in [0.2, 0.25) is 5.88 Å². The molecule has 112 valence electrons. The van der Waals surface area contributed by atoms with Gasteiger partial charge in [-0.05, 0) is 51.5 Å². The second-order valence-electron chi connectivity index (χ2n) is 5.26. The normalized spacial score (nSPS) is 10.7. The van der Waals surface area contributed by atoms with E-state index in [0.29, 0.717) is 11.6 Å². The Labute approximate surface area is 126 Å². The van der Waals surface area contributed by atoms with Crippen LogP contribution in [0.5, 0.6) is 5.88 Å². The maximum atomic E-state index is 5.94. The van der Waals surface area contributed by atoms with E-state index in [0.717, 1.165) is 18.1 Å². The van der Waals surface area contributed by atoms with Crippen LogP contribution in [-0.2, 0) is 0 Å². The molecule has 4 heteroatoms. The molecule has 4 nitrogen and oxygen atoms in total. The lowest BCUT2D eigenvalue weighted by Gasteiger charge is -2.25. The molecule has 0 saturated heterocycles. The number of aromatic nitrogens is 1. The average molecular weight is 285 g/mol. The van der Waals surface area contributed by atoms with Crippen molar-refractivity contribution in [3.8, 4) is 5.88 Å². The molecule has 0 aliphatic heterocycles. The van der Waals surface area contributed by atoms with Gasteiger partial charge in [-0.1, -0.05) is 18.2 Å². The summed E-state index contributed by atoms with van der Waals surface area (Å²) in [5, 5.41) is 0. The first kappa shape index (κ1) is 15.2. The predicted octanol–water partition coefficient (Wildman–Crippen LogP) is 3.92. The zero-order valence-corrected chi connectivity index (χ0v) is 13.1. The number of hydrogen-bond acceptors (Lipinski definition) is 4. The predicted molar refractivity (Wildman–Crippen MR) is 88.3 cm³/mol. The molecule has 0 saturated carbocycles. The fourth-order valence-electron chi connectivity index (χ4n) is 2.23. The Morgan fingerprint density at radius 2 is 1.90 bits per heavy atom. The summed E-state index contributed by atoms with van der Waals surface area (Å²) in [5.41, 5.74) is 8.86. The summed E-state index contributed by atoms with van der Waals surface area (Å²) in [6.45, 7) is 8.95. The van der Waals surface area contributed by atoms with E-state index < -0.39 is 0 Å². The molecule has 1 aromatic heterocycles. The average Bonchev–Trinajstić information content (AvgIpc) is 2.44. The number of nitrogen functional groups attached to an aromatic ring is 1. The molecular weight excluding hydrogens is 262 g/mol. The number of nitrogens with two attached hydrogens (primary N) is 1. The standard InChI is InChI=1S/C17H23N3O/c1-5-20(15-9-7-6-8-13(15)4)16-11-10-14(18)17(19-16)21-12(2)3/h6-12H,5,18H2,1-4H3. The van der Waals surface area contributed by atoms with Crippen molar-refractivity contribution in [2.45, 2.75) is 33.8 Å². The van der Waals surface area contributed by atoms with Gasteiger partial charge in [-0.2, -0.15) is 4.98 Å². The second kappa shape index (κ2) is 6.48. The Morgan fingerprint density at radius 1 is 1.19 bits per heavy atom. The van der Waals surface area contributed by atoms with Gasteiger partial charge in [-0.25, -0.2) is 0 Å². The third kappa shape index (κ3) is 3.45. The number of nitrogens with zero attached hydrogens (tertiary/aromatic N) is 2. The number of benzene rings is 1. The SMILES string of the molecule is CCN(c1ccc(N)c(OC(C)C)n1)c1ccccc1C. The van der Waals surface area contributed by atoms with Crippen molar-refractivity contribution >= 4 is 17.2 Å². The van der Waals surface area contributed by atoms with Crippen LogP contribution in [0.4, 0.5) is 17.2 Å². The molecule has 0 aliphatic carbocycles. The first-order valence-corrected chi connectivity index (χ1v) is 7.29. The lowest BCUT2D eigenvalue weighted by Crippen LogP contribution is -2.19. The molecule has 21 heavy (non-hydrogen) atoms. The Kier molecular flexibility index (Phi) is 4.68. The summed E-state index contributed by atoms with van der Waals surface area (Å²) in [6, 6.07) is 12.0. The summed E-state index contributed by atoms with van der Waals surface area (Å²) >= 11 is 0. The third-order valence-corrected chi connectivity index (χ3v) is 3.22. The van der Waals surface area contributed by atoms with Crippen LogP contribution in [0.3, 0.4) is 0 Å². The molecule has 1 aromatic carbocycles. The molecule has 2 N–H and O–H groups in total. The molecule has 0 spiro atoms. The molecule has 2 aromatic rings. The number of ether oxygens (including phenoxy) is 1. The van der Waals surface area contributed by atoms with Gasteiger partial charge < -0.3 is 15.4 Å². The van der Waals surface area contributed by atoms with E-state index in [-0.39, 0.29) is 6.10 Å². The van der Waals surface area contributed by atoms with E-state index in [2.05, 4.69) is 35.9 Å².